The van der Waals surface area contributed by atoms with Crippen molar-refractivity contribution in [3.63, 3.8) is 0 Å². The molecule has 1 aliphatic rings. The van der Waals surface area contributed by atoms with Crippen LogP contribution in [0.25, 0.3) is 32.8 Å². The summed E-state index contributed by atoms with van der Waals surface area (Å²) in [4.78, 5) is 0. The second-order valence-electron chi connectivity index (χ2n) is 14.6. The number of ether oxygens (including phenoxy) is 1. The first-order chi connectivity index (χ1) is 17.4. The molecule has 0 spiro atoms. The average Bonchev–Trinajstić information content (AvgIpc) is 2.76. The van der Waals surface area contributed by atoms with Gasteiger partial charge in [0.2, 0.25) is 0 Å². The number of benzene rings is 3. The van der Waals surface area contributed by atoms with Crippen LogP contribution in [0.5, 0.6) is 11.5 Å². The quantitative estimate of drug-likeness (QED) is 0.160. The van der Waals surface area contributed by atoms with Crippen molar-refractivity contribution < 1.29 is 10.7 Å². The van der Waals surface area contributed by atoms with Crippen LogP contribution in [-0.2, 0) is 19.9 Å². The van der Waals surface area contributed by atoms with Crippen molar-refractivity contribution in [2.24, 2.45) is 17.9 Å². The van der Waals surface area contributed by atoms with Crippen LogP contribution in [0.15, 0.2) is 42.6 Å². The van der Waals surface area contributed by atoms with Gasteiger partial charge in [0.25, 0.3) is 0 Å². The normalized spacial score (nSPS) is 14.1. The third-order valence-corrected chi connectivity index (χ3v) is 11.8. The molecule has 194 valence electrons. The zero-order valence-corrected chi connectivity index (χ0v) is 26.8. The number of nitrogens with zero attached hydrogens (tertiary/aromatic N) is 1. The molecule has 37 heavy (non-hydrogen) atoms. The van der Waals surface area contributed by atoms with Gasteiger partial charge in [-0.05, 0) is 0 Å². The number of hydrogen-bond acceptors (Lipinski definition) is 1. The van der Waals surface area contributed by atoms with E-state index in [0.717, 1.165) is 46.4 Å². The van der Waals surface area contributed by atoms with E-state index in [2.05, 4.69) is 101 Å². The van der Waals surface area contributed by atoms with Gasteiger partial charge in [-0.3, -0.25) is 0 Å². The minimum absolute atomic E-state index is 0.0983. The Kier molecular flexibility index (Phi) is 5.80. The molecule has 0 saturated heterocycles. The molecule has 3 aromatic carbocycles. The van der Waals surface area contributed by atoms with Crippen molar-refractivity contribution in [1.29, 1.82) is 0 Å². The maximum absolute atomic E-state index is 8.91. The van der Waals surface area contributed by atoms with Crippen molar-refractivity contribution in [2.45, 2.75) is 78.6 Å². The van der Waals surface area contributed by atoms with Gasteiger partial charge in [0, 0.05) is 0 Å². The Bertz CT molecular complexity index is 1610. The van der Waals surface area contributed by atoms with Crippen LogP contribution in [0, 0.1) is 17.8 Å². The fourth-order valence-electron chi connectivity index (χ4n) is 5.89. The molecule has 0 bridgehead atoms. The molecule has 2 heterocycles. The van der Waals surface area contributed by atoms with Gasteiger partial charge in [0.05, 0.1) is 0 Å². The van der Waals surface area contributed by atoms with Gasteiger partial charge in [-0.25, -0.2) is 0 Å². The molecule has 0 radical (unpaired) electrons. The molecule has 5 rings (SSSR count). The molecule has 0 saturated carbocycles. The minimum atomic E-state index is -2.14. The Balaban J connectivity index is 1.93. The standard InChI is InChI=1S/C34H44GeNO/c1-21-26-16-22(19-33(2,3)4)12-13-25(26)27(20-34(5,6)7)32-29(21)31-30-23(14-15-36(31)11)17-24(35(8,9)10)18-28(30)37-32/h12-18H,19-20H2,1-11H3/q+1/i15D. The number of pyridine rings is 1. The first-order valence-electron chi connectivity index (χ1n) is 14.2. The van der Waals surface area contributed by atoms with Gasteiger partial charge in [0.1, 0.15) is 0 Å². The number of aromatic nitrogens is 1. The maximum atomic E-state index is 8.91. The van der Waals surface area contributed by atoms with Crippen LogP contribution in [0.2, 0.25) is 17.3 Å². The van der Waals surface area contributed by atoms with Crippen LogP contribution in [0.4, 0.5) is 0 Å². The van der Waals surface area contributed by atoms with E-state index in [4.69, 9.17) is 6.11 Å². The summed E-state index contributed by atoms with van der Waals surface area (Å²) in [5.74, 6) is 9.21. The molecule has 4 aromatic rings. The molecule has 0 atom stereocenters. The first-order valence-corrected chi connectivity index (χ1v) is 21.0. The van der Waals surface area contributed by atoms with Crippen molar-refractivity contribution in [2.75, 3.05) is 0 Å². The fraction of sp³-hybridized carbons (Fsp3) is 0.441. The predicted molar refractivity (Wildman–Crippen MR) is 162 cm³/mol. The summed E-state index contributed by atoms with van der Waals surface area (Å²) in [6.45, 7) is 16.1. The summed E-state index contributed by atoms with van der Waals surface area (Å²) in [7, 11) is 2.04. The number of fused-ring (bicyclic) bond motifs is 3. The molecular formula is C34H44GeNO+. The Morgan fingerprint density at radius 2 is 1.57 bits per heavy atom. The molecule has 0 unspecified atom stereocenters. The SMILES string of the molecule is [2H]c1cc2c[c]([Ge]([CH3])([CH3])[CH3])cc3c2c([n+]1C)-c1c(c(CC(C)(C)C)c2ccc(CC(C)(C)C)cc2c1C)O3. The van der Waals surface area contributed by atoms with Gasteiger partial charge >= 0.3 is 208 Å². The van der Waals surface area contributed by atoms with Crippen molar-refractivity contribution in [3.05, 3.63) is 59.3 Å². The molecular weight excluding hydrogens is 511 g/mol. The van der Waals surface area contributed by atoms with E-state index < -0.39 is 13.3 Å². The molecule has 1 aromatic heterocycles. The number of hydrogen-bond donors (Lipinski definition) is 0. The van der Waals surface area contributed by atoms with Crippen LogP contribution < -0.4 is 13.7 Å². The monoisotopic (exact) mass is 557 g/mol. The van der Waals surface area contributed by atoms with Crippen LogP contribution in [0.3, 0.4) is 0 Å². The van der Waals surface area contributed by atoms with E-state index in [0.29, 0.717) is 6.17 Å². The summed E-state index contributed by atoms with van der Waals surface area (Å²) in [5.41, 5.74) is 6.50. The summed E-state index contributed by atoms with van der Waals surface area (Å²) in [5, 5.41) is 4.87. The summed E-state index contributed by atoms with van der Waals surface area (Å²) in [6.07, 6.45) is 2.49. The fourth-order valence-corrected chi connectivity index (χ4v) is 8.31. The van der Waals surface area contributed by atoms with Crippen molar-refractivity contribution in [3.8, 4) is 22.8 Å². The first kappa shape index (κ1) is 25.0. The van der Waals surface area contributed by atoms with Gasteiger partial charge in [-0.1, -0.05) is 20.8 Å². The summed E-state index contributed by atoms with van der Waals surface area (Å²) in [6, 6.07) is 13.7. The topological polar surface area (TPSA) is 13.1 Å². The molecule has 0 amide bonds. The van der Waals surface area contributed by atoms with E-state index in [1.165, 1.54) is 31.9 Å². The Labute approximate surface area is 227 Å². The second-order valence-corrected chi connectivity index (χ2v) is 25.3. The third-order valence-electron chi connectivity index (χ3n) is 7.56. The van der Waals surface area contributed by atoms with E-state index in [9.17, 15) is 0 Å². The third kappa shape index (κ3) is 4.82. The molecule has 0 N–H and O–H groups in total. The zero-order chi connectivity index (χ0) is 27.9. The van der Waals surface area contributed by atoms with E-state index in [1.807, 2.05) is 13.1 Å². The zero-order valence-electron chi connectivity index (χ0n) is 25.7. The van der Waals surface area contributed by atoms with Crippen LogP contribution in [-0.4, -0.2) is 13.3 Å². The van der Waals surface area contributed by atoms with E-state index in [1.54, 1.807) is 0 Å². The van der Waals surface area contributed by atoms with Crippen LogP contribution >= 0.6 is 0 Å². The molecule has 0 fully saturated rings. The van der Waals surface area contributed by atoms with Crippen molar-refractivity contribution in [1.82, 2.24) is 0 Å². The van der Waals surface area contributed by atoms with Crippen LogP contribution in [0.1, 0.15) is 59.6 Å². The Morgan fingerprint density at radius 3 is 2.19 bits per heavy atom. The van der Waals surface area contributed by atoms with Crippen molar-refractivity contribution >= 4 is 39.2 Å². The average molecular weight is 556 g/mol. The van der Waals surface area contributed by atoms with Gasteiger partial charge < -0.3 is 0 Å². The summed E-state index contributed by atoms with van der Waals surface area (Å²) < 4.78 is 19.4. The number of rotatable bonds is 3. The van der Waals surface area contributed by atoms with Gasteiger partial charge in [-0.2, -0.15) is 0 Å². The molecule has 1 aliphatic heterocycles. The van der Waals surface area contributed by atoms with E-state index in [-0.39, 0.29) is 10.8 Å². The summed E-state index contributed by atoms with van der Waals surface area (Å²) >= 11 is -2.14. The van der Waals surface area contributed by atoms with Gasteiger partial charge in [-0.15, -0.1) is 0 Å². The Morgan fingerprint density at radius 1 is 0.892 bits per heavy atom. The molecule has 2 nitrogen and oxygen atoms in total. The second kappa shape index (κ2) is 8.59. The molecule has 3 heteroatoms. The van der Waals surface area contributed by atoms with Gasteiger partial charge in [0.15, 0.2) is 0 Å². The number of aryl methyl sites for hydroxylation is 1. The predicted octanol–water partition coefficient (Wildman–Crippen LogP) is 8.62. The molecule has 0 aliphatic carbocycles. The Hall–Kier alpha value is -2.33. The van der Waals surface area contributed by atoms with E-state index >= 15 is 0 Å².